The number of benzene rings is 1. The minimum absolute atomic E-state index is 0.199. The van der Waals surface area contributed by atoms with Gasteiger partial charge in [-0.1, -0.05) is 6.07 Å². The summed E-state index contributed by atoms with van der Waals surface area (Å²) in [6, 6.07) is 5.93. The average Bonchev–Trinajstić information content (AvgIpc) is 2.59. The van der Waals surface area contributed by atoms with Gasteiger partial charge < -0.3 is 19.1 Å². The molecule has 0 aromatic heterocycles. The van der Waals surface area contributed by atoms with E-state index in [1.54, 1.807) is 0 Å². The smallest absolute Gasteiger partial charge is 0.222 e. The molecule has 1 aromatic rings. The molecule has 2 heterocycles. The first kappa shape index (κ1) is 15.2. The molecular formula is C17H23NO4. The van der Waals surface area contributed by atoms with Crippen LogP contribution in [0.2, 0.25) is 0 Å². The number of carbonyl (C=O) groups is 1. The van der Waals surface area contributed by atoms with E-state index in [-0.39, 0.29) is 5.91 Å². The zero-order valence-electron chi connectivity index (χ0n) is 12.9. The van der Waals surface area contributed by atoms with Gasteiger partial charge in [-0.05, 0) is 31.4 Å². The minimum atomic E-state index is 0.199. The van der Waals surface area contributed by atoms with Gasteiger partial charge in [0, 0.05) is 25.1 Å². The molecule has 1 aromatic carbocycles. The Kier molecular flexibility index (Phi) is 5.16. The first-order valence-electron chi connectivity index (χ1n) is 8.07. The van der Waals surface area contributed by atoms with Gasteiger partial charge in [-0.3, -0.25) is 4.79 Å². The van der Waals surface area contributed by atoms with Crippen LogP contribution in [-0.2, 0) is 16.0 Å². The molecule has 1 amide bonds. The molecule has 1 saturated heterocycles. The second-order valence-corrected chi connectivity index (χ2v) is 5.63. The van der Waals surface area contributed by atoms with E-state index in [1.807, 2.05) is 23.1 Å². The van der Waals surface area contributed by atoms with E-state index >= 15 is 0 Å². The summed E-state index contributed by atoms with van der Waals surface area (Å²) in [5.74, 6) is 2.04. The highest BCUT2D eigenvalue weighted by Crippen LogP contribution is 2.32. The Labute approximate surface area is 131 Å². The van der Waals surface area contributed by atoms with Crippen LogP contribution in [0.5, 0.6) is 11.5 Å². The molecule has 2 aliphatic rings. The molecule has 2 aliphatic heterocycles. The SMILES string of the molecule is O=C(CCCOc1cccc2c1CCCO2)N1CCOCC1. The third-order valence-corrected chi connectivity index (χ3v) is 4.08. The van der Waals surface area contributed by atoms with Gasteiger partial charge in [-0.25, -0.2) is 0 Å². The Balaban J connectivity index is 1.44. The highest BCUT2D eigenvalue weighted by atomic mass is 16.5. The van der Waals surface area contributed by atoms with Crippen molar-refractivity contribution in [3.8, 4) is 11.5 Å². The molecule has 1 fully saturated rings. The summed E-state index contributed by atoms with van der Waals surface area (Å²) < 4.78 is 16.8. The third-order valence-electron chi connectivity index (χ3n) is 4.08. The molecule has 0 spiro atoms. The molecule has 5 heteroatoms. The Hall–Kier alpha value is -1.75. The van der Waals surface area contributed by atoms with Gasteiger partial charge in [0.1, 0.15) is 11.5 Å². The normalized spacial score (nSPS) is 17.5. The topological polar surface area (TPSA) is 48.0 Å². The summed E-state index contributed by atoms with van der Waals surface area (Å²) >= 11 is 0. The third kappa shape index (κ3) is 3.71. The van der Waals surface area contributed by atoms with E-state index in [0.29, 0.717) is 39.3 Å². The first-order valence-corrected chi connectivity index (χ1v) is 8.07. The zero-order chi connectivity index (χ0) is 15.2. The van der Waals surface area contributed by atoms with Crippen molar-refractivity contribution < 1.29 is 19.0 Å². The quantitative estimate of drug-likeness (QED) is 0.781. The Morgan fingerprint density at radius 3 is 2.95 bits per heavy atom. The summed E-state index contributed by atoms with van der Waals surface area (Å²) in [5.41, 5.74) is 1.16. The fourth-order valence-electron chi connectivity index (χ4n) is 2.87. The molecule has 22 heavy (non-hydrogen) atoms. The molecule has 5 nitrogen and oxygen atoms in total. The summed E-state index contributed by atoms with van der Waals surface area (Å²) in [6.07, 6.45) is 3.30. The lowest BCUT2D eigenvalue weighted by molar-refractivity contribution is -0.135. The van der Waals surface area contributed by atoms with Crippen LogP contribution in [0.25, 0.3) is 0 Å². The van der Waals surface area contributed by atoms with Crippen molar-refractivity contribution in [1.29, 1.82) is 0 Å². The van der Waals surface area contributed by atoms with Gasteiger partial charge in [0.25, 0.3) is 0 Å². The van der Waals surface area contributed by atoms with Crippen LogP contribution < -0.4 is 9.47 Å². The second kappa shape index (κ2) is 7.49. The number of hydrogen-bond donors (Lipinski definition) is 0. The minimum Gasteiger partial charge on any atom is -0.493 e. The fourth-order valence-corrected chi connectivity index (χ4v) is 2.87. The molecule has 0 radical (unpaired) electrons. The predicted molar refractivity (Wildman–Crippen MR) is 82.4 cm³/mol. The maximum atomic E-state index is 12.0. The fraction of sp³-hybridized carbons (Fsp3) is 0.588. The standard InChI is InChI=1S/C17H23NO4/c19-17(18-8-12-20-13-9-18)7-3-11-22-16-6-1-5-15-14(16)4-2-10-21-15/h1,5-6H,2-4,7-13H2. The number of fused-ring (bicyclic) bond motifs is 1. The van der Waals surface area contributed by atoms with E-state index < -0.39 is 0 Å². The van der Waals surface area contributed by atoms with Gasteiger partial charge in [0.2, 0.25) is 5.91 Å². The molecule has 120 valence electrons. The Bertz CT molecular complexity index is 511. The maximum Gasteiger partial charge on any atom is 0.222 e. The highest BCUT2D eigenvalue weighted by Gasteiger charge is 2.17. The summed E-state index contributed by atoms with van der Waals surface area (Å²) in [5, 5.41) is 0. The summed E-state index contributed by atoms with van der Waals surface area (Å²) in [4.78, 5) is 13.9. The maximum absolute atomic E-state index is 12.0. The molecule has 0 atom stereocenters. The van der Waals surface area contributed by atoms with Crippen molar-refractivity contribution in [3.05, 3.63) is 23.8 Å². The van der Waals surface area contributed by atoms with Crippen LogP contribution in [0.4, 0.5) is 0 Å². The molecule has 0 unspecified atom stereocenters. The van der Waals surface area contributed by atoms with Gasteiger partial charge in [0.05, 0.1) is 26.4 Å². The summed E-state index contributed by atoms with van der Waals surface area (Å²) in [6.45, 7) is 4.07. The number of carbonyl (C=O) groups excluding carboxylic acids is 1. The lowest BCUT2D eigenvalue weighted by atomic mass is 10.1. The predicted octanol–water partition coefficient (Wildman–Crippen LogP) is 2.03. The van der Waals surface area contributed by atoms with E-state index in [9.17, 15) is 4.79 Å². The Morgan fingerprint density at radius 2 is 2.09 bits per heavy atom. The van der Waals surface area contributed by atoms with Crippen molar-refractivity contribution >= 4 is 5.91 Å². The lowest BCUT2D eigenvalue weighted by Gasteiger charge is -2.26. The number of amides is 1. The van der Waals surface area contributed by atoms with Gasteiger partial charge in [-0.15, -0.1) is 0 Å². The van der Waals surface area contributed by atoms with Crippen molar-refractivity contribution in [3.63, 3.8) is 0 Å². The monoisotopic (exact) mass is 305 g/mol. The lowest BCUT2D eigenvalue weighted by Crippen LogP contribution is -2.40. The molecular weight excluding hydrogens is 282 g/mol. The van der Waals surface area contributed by atoms with E-state index in [2.05, 4.69) is 0 Å². The zero-order valence-corrected chi connectivity index (χ0v) is 12.9. The van der Waals surface area contributed by atoms with Crippen LogP contribution >= 0.6 is 0 Å². The van der Waals surface area contributed by atoms with Crippen molar-refractivity contribution in [1.82, 2.24) is 4.90 Å². The number of nitrogens with zero attached hydrogens (tertiary/aromatic N) is 1. The molecule has 0 N–H and O–H groups in total. The first-order chi connectivity index (χ1) is 10.8. The molecule has 0 aliphatic carbocycles. The van der Waals surface area contributed by atoms with E-state index in [4.69, 9.17) is 14.2 Å². The van der Waals surface area contributed by atoms with Crippen molar-refractivity contribution in [2.45, 2.75) is 25.7 Å². The van der Waals surface area contributed by atoms with Crippen molar-refractivity contribution in [2.75, 3.05) is 39.5 Å². The second-order valence-electron chi connectivity index (χ2n) is 5.63. The van der Waals surface area contributed by atoms with Crippen molar-refractivity contribution in [2.24, 2.45) is 0 Å². The summed E-state index contributed by atoms with van der Waals surface area (Å²) in [7, 11) is 0. The molecule has 0 saturated carbocycles. The van der Waals surface area contributed by atoms with Crippen LogP contribution in [0, 0.1) is 0 Å². The van der Waals surface area contributed by atoms with Gasteiger partial charge in [0.15, 0.2) is 0 Å². The van der Waals surface area contributed by atoms with E-state index in [1.165, 1.54) is 0 Å². The van der Waals surface area contributed by atoms with Crippen LogP contribution in [0.1, 0.15) is 24.8 Å². The van der Waals surface area contributed by atoms with Gasteiger partial charge >= 0.3 is 0 Å². The highest BCUT2D eigenvalue weighted by molar-refractivity contribution is 5.76. The number of rotatable bonds is 5. The molecule has 0 bridgehead atoms. The van der Waals surface area contributed by atoms with Gasteiger partial charge in [-0.2, -0.15) is 0 Å². The largest absolute Gasteiger partial charge is 0.493 e. The Morgan fingerprint density at radius 1 is 1.23 bits per heavy atom. The van der Waals surface area contributed by atoms with Crippen LogP contribution in [-0.4, -0.2) is 50.3 Å². The average molecular weight is 305 g/mol. The van der Waals surface area contributed by atoms with Crippen LogP contribution in [0.15, 0.2) is 18.2 Å². The number of morpholine rings is 1. The molecule has 3 rings (SSSR count). The number of ether oxygens (including phenoxy) is 3. The van der Waals surface area contributed by atoms with Crippen LogP contribution in [0.3, 0.4) is 0 Å². The van der Waals surface area contributed by atoms with E-state index in [0.717, 1.165) is 42.9 Å². The number of hydrogen-bond acceptors (Lipinski definition) is 4.